The van der Waals surface area contributed by atoms with Gasteiger partial charge in [0.05, 0.1) is 48.8 Å². The highest BCUT2D eigenvalue weighted by atomic mass is 16.7. The Bertz CT molecular complexity index is 1380. The number of fused-ring (bicyclic) bond motifs is 1. The number of methoxy groups -OCH3 is 2. The van der Waals surface area contributed by atoms with Crippen LogP contribution < -0.4 is 24.2 Å². The molecular formula is C27H25N3O8. The Morgan fingerprint density at radius 1 is 0.921 bits per heavy atom. The molecule has 2 fully saturated rings. The lowest BCUT2D eigenvalue weighted by Gasteiger charge is -2.29. The molecule has 196 valence electrons. The van der Waals surface area contributed by atoms with Crippen molar-refractivity contribution in [3.05, 3.63) is 82.4 Å². The normalized spacial score (nSPS) is 20.4. The van der Waals surface area contributed by atoms with Crippen LogP contribution in [0.2, 0.25) is 0 Å². The zero-order valence-electron chi connectivity index (χ0n) is 20.9. The van der Waals surface area contributed by atoms with Gasteiger partial charge in [-0.3, -0.25) is 24.5 Å². The second-order valence-electron chi connectivity index (χ2n) is 8.62. The van der Waals surface area contributed by atoms with Crippen LogP contribution in [0.3, 0.4) is 0 Å². The Kier molecular flexibility index (Phi) is 6.60. The summed E-state index contributed by atoms with van der Waals surface area (Å²) in [4.78, 5) is 46.2. The number of amides is 2. The van der Waals surface area contributed by atoms with Gasteiger partial charge in [-0.05, 0) is 49.4 Å². The highest BCUT2D eigenvalue weighted by Gasteiger charge is 2.61. The van der Waals surface area contributed by atoms with Crippen LogP contribution in [0.5, 0.6) is 17.2 Å². The van der Waals surface area contributed by atoms with E-state index in [1.165, 1.54) is 31.4 Å². The van der Waals surface area contributed by atoms with Crippen molar-refractivity contribution in [2.24, 2.45) is 5.92 Å². The summed E-state index contributed by atoms with van der Waals surface area (Å²) in [5, 5.41) is 13.6. The van der Waals surface area contributed by atoms with Gasteiger partial charge >= 0.3 is 0 Å². The van der Waals surface area contributed by atoms with Gasteiger partial charge in [0.2, 0.25) is 5.91 Å². The lowest BCUT2D eigenvalue weighted by molar-refractivity contribution is -0.385. The SMILES string of the molecule is CCOc1ccc(N2C(=O)C3ON(c4ccccc4)C(c4cc(OC)c(OC)cc4[N+](=O)[O-])C3C2=O)cc1. The maximum atomic E-state index is 13.9. The van der Waals surface area contributed by atoms with E-state index in [4.69, 9.17) is 19.0 Å². The maximum absolute atomic E-state index is 13.9. The molecule has 11 heteroatoms. The molecule has 3 atom stereocenters. The standard InChI is InChI=1S/C27H25N3O8/c1-4-37-18-12-10-16(11-13-18)28-26(31)23-24(19-14-21(35-2)22(36-3)15-20(19)30(33)34)29(38-25(23)27(28)32)17-8-6-5-7-9-17/h5-15,23-25H,4H2,1-3H3. The zero-order valence-corrected chi connectivity index (χ0v) is 20.9. The van der Waals surface area contributed by atoms with Crippen molar-refractivity contribution < 1.29 is 33.6 Å². The number of nitro groups is 1. The molecule has 0 spiro atoms. The molecule has 0 radical (unpaired) electrons. The molecule has 0 saturated carbocycles. The maximum Gasteiger partial charge on any atom is 0.278 e. The van der Waals surface area contributed by atoms with Gasteiger partial charge in [-0.25, -0.2) is 9.96 Å². The molecule has 2 saturated heterocycles. The van der Waals surface area contributed by atoms with Crippen LogP contribution in [0.4, 0.5) is 17.1 Å². The van der Waals surface area contributed by atoms with E-state index in [1.807, 2.05) is 6.92 Å². The number of nitro benzene ring substituents is 1. The van der Waals surface area contributed by atoms with Crippen LogP contribution >= 0.6 is 0 Å². The molecule has 2 amide bonds. The third kappa shape index (κ3) is 4.06. The number of hydrogen-bond donors (Lipinski definition) is 0. The molecule has 0 N–H and O–H groups in total. The van der Waals surface area contributed by atoms with Crippen molar-refractivity contribution in [3.63, 3.8) is 0 Å². The first-order chi connectivity index (χ1) is 18.4. The minimum atomic E-state index is -1.19. The Balaban J connectivity index is 1.63. The van der Waals surface area contributed by atoms with E-state index in [-0.39, 0.29) is 22.7 Å². The number of imide groups is 1. The lowest BCUT2D eigenvalue weighted by Crippen LogP contribution is -2.37. The van der Waals surface area contributed by atoms with Crippen LogP contribution in [0, 0.1) is 16.0 Å². The second-order valence-corrected chi connectivity index (χ2v) is 8.62. The molecule has 0 bridgehead atoms. The summed E-state index contributed by atoms with van der Waals surface area (Å²) in [7, 11) is 2.79. The van der Waals surface area contributed by atoms with Gasteiger partial charge in [-0.15, -0.1) is 0 Å². The lowest BCUT2D eigenvalue weighted by atomic mass is 9.89. The van der Waals surface area contributed by atoms with Gasteiger partial charge in [0.15, 0.2) is 17.6 Å². The molecule has 3 aromatic rings. The topological polar surface area (TPSA) is 121 Å². The van der Waals surface area contributed by atoms with E-state index in [0.717, 1.165) is 4.90 Å². The third-order valence-electron chi connectivity index (χ3n) is 6.58. The number of ether oxygens (including phenoxy) is 3. The van der Waals surface area contributed by atoms with Gasteiger partial charge in [0.1, 0.15) is 17.7 Å². The number of nitrogens with zero attached hydrogens (tertiary/aromatic N) is 3. The summed E-state index contributed by atoms with van der Waals surface area (Å²) in [5.74, 6) is -1.15. The van der Waals surface area contributed by atoms with Crippen LogP contribution in [0.25, 0.3) is 0 Å². The van der Waals surface area contributed by atoms with Crippen molar-refractivity contribution in [1.82, 2.24) is 0 Å². The molecule has 38 heavy (non-hydrogen) atoms. The molecule has 3 unspecified atom stereocenters. The van der Waals surface area contributed by atoms with Crippen molar-refractivity contribution in [2.75, 3.05) is 30.8 Å². The minimum Gasteiger partial charge on any atom is -0.494 e. The van der Waals surface area contributed by atoms with Crippen LogP contribution in [0.15, 0.2) is 66.7 Å². The Morgan fingerprint density at radius 3 is 2.18 bits per heavy atom. The van der Waals surface area contributed by atoms with Crippen LogP contribution in [0.1, 0.15) is 18.5 Å². The van der Waals surface area contributed by atoms with Gasteiger partial charge in [-0.1, -0.05) is 18.2 Å². The van der Waals surface area contributed by atoms with Crippen LogP contribution in [-0.4, -0.2) is 43.7 Å². The van der Waals surface area contributed by atoms with E-state index in [0.29, 0.717) is 23.7 Å². The Labute approximate surface area is 218 Å². The number of anilines is 2. The molecule has 2 aliphatic rings. The van der Waals surface area contributed by atoms with E-state index in [2.05, 4.69) is 0 Å². The molecule has 0 aromatic heterocycles. The van der Waals surface area contributed by atoms with Gasteiger partial charge < -0.3 is 14.2 Å². The largest absolute Gasteiger partial charge is 0.494 e. The summed E-state index contributed by atoms with van der Waals surface area (Å²) in [5.41, 5.74) is 0.744. The predicted molar refractivity (Wildman–Crippen MR) is 136 cm³/mol. The fourth-order valence-corrected chi connectivity index (χ4v) is 4.92. The van der Waals surface area contributed by atoms with E-state index < -0.39 is 34.8 Å². The molecule has 0 aliphatic carbocycles. The van der Waals surface area contributed by atoms with Crippen molar-refractivity contribution in [3.8, 4) is 17.2 Å². The average Bonchev–Trinajstić information content (AvgIpc) is 3.44. The smallest absolute Gasteiger partial charge is 0.278 e. The summed E-state index contributed by atoms with van der Waals surface area (Å²) in [6.45, 7) is 2.33. The number of para-hydroxylation sites is 1. The van der Waals surface area contributed by atoms with Crippen LogP contribution in [-0.2, 0) is 14.4 Å². The van der Waals surface area contributed by atoms with E-state index >= 15 is 0 Å². The van der Waals surface area contributed by atoms with Gasteiger partial charge in [0, 0.05) is 0 Å². The number of benzene rings is 3. The monoisotopic (exact) mass is 519 g/mol. The fourth-order valence-electron chi connectivity index (χ4n) is 4.92. The molecule has 3 aromatic carbocycles. The summed E-state index contributed by atoms with van der Waals surface area (Å²) in [6, 6.07) is 17.1. The van der Waals surface area contributed by atoms with E-state index in [1.54, 1.807) is 54.6 Å². The summed E-state index contributed by atoms with van der Waals surface area (Å²) < 4.78 is 16.1. The molecule has 2 heterocycles. The van der Waals surface area contributed by atoms with Crippen molar-refractivity contribution in [2.45, 2.75) is 19.1 Å². The van der Waals surface area contributed by atoms with Crippen molar-refractivity contribution in [1.29, 1.82) is 0 Å². The average molecular weight is 520 g/mol. The van der Waals surface area contributed by atoms with Gasteiger partial charge in [0.25, 0.3) is 11.6 Å². The fraction of sp³-hybridized carbons (Fsp3) is 0.259. The zero-order chi connectivity index (χ0) is 27.0. The molecule has 2 aliphatic heterocycles. The highest BCUT2D eigenvalue weighted by molar-refractivity contribution is 6.24. The number of hydroxylamine groups is 1. The number of carbonyl (C=O) groups excluding carboxylic acids is 2. The molecule has 11 nitrogen and oxygen atoms in total. The molecule has 5 rings (SSSR count). The second kappa shape index (κ2) is 10.0. The number of rotatable bonds is 8. The number of carbonyl (C=O) groups is 2. The first kappa shape index (κ1) is 25.0. The van der Waals surface area contributed by atoms with E-state index in [9.17, 15) is 19.7 Å². The van der Waals surface area contributed by atoms with Crippen molar-refractivity contribution >= 4 is 28.9 Å². The highest BCUT2D eigenvalue weighted by Crippen LogP contribution is 2.51. The predicted octanol–water partition coefficient (Wildman–Crippen LogP) is 4.06. The summed E-state index contributed by atoms with van der Waals surface area (Å²) in [6.07, 6.45) is -1.19. The summed E-state index contributed by atoms with van der Waals surface area (Å²) >= 11 is 0. The van der Waals surface area contributed by atoms with Gasteiger partial charge in [-0.2, -0.15) is 0 Å². The minimum absolute atomic E-state index is 0.152. The Morgan fingerprint density at radius 2 is 1.58 bits per heavy atom. The first-order valence-corrected chi connectivity index (χ1v) is 11.9. The quantitative estimate of drug-likeness (QED) is 0.246. The molecular weight excluding hydrogens is 494 g/mol. The first-order valence-electron chi connectivity index (χ1n) is 11.9. The Hall–Kier alpha value is -4.64. The third-order valence-corrected chi connectivity index (χ3v) is 6.58. The number of hydrogen-bond acceptors (Lipinski definition) is 9.